The number of rotatable bonds is 3. The molecule has 5 heteroatoms. The maximum atomic E-state index is 13.4. The maximum absolute atomic E-state index is 13.4. The van der Waals surface area contributed by atoms with Crippen molar-refractivity contribution in [2.45, 2.75) is 13.1 Å². The molecule has 16 heavy (non-hydrogen) atoms. The van der Waals surface area contributed by atoms with Crippen LogP contribution in [0.2, 0.25) is 0 Å². The Balaban J connectivity index is 0.00000128. The Bertz CT molecular complexity index is 456. The van der Waals surface area contributed by atoms with Crippen LogP contribution in [0.1, 0.15) is 11.4 Å². The minimum Gasteiger partial charge on any atom is -0.329 e. The quantitative estimate of drug-likeness (QED) is 0.893. The van der Waals surface area contributed by atoms with Crippen LogP contribution in [-0.2, 0) is 13.1 Å². The van der Waals surface area contributed by atoms with Gasteiger partial charge in [0.15, 0.2) is 0 Å². The smallest absolute Gasteiger partial charge is 0.128 e. The molecule has 86 valence electrons. The zero-order valence-corrected chi connectivity index (χ0v) is 9.45. The van der Waals surface area contributed by atoms with Crippen LogP contribution in [0.25, 0.3) is 0 Å². The first-order chi connectivity index (χ1) is 7.31. The molecule has 0 radical (unpaired) electrons. The van der Waals surface area contributed by atoms with E-state index >= 15 is 0 Å². The molecule has 0 atom stereocenters. The van der Waals surface area contributed by atoms with Crippen molar-refractivity contribution in [3.63, 3.8) is 0 Å². The number of imidazole rings is 1. The highest BCUT2D eigenvalue weighted by Crippen LogP contribution is 2.09. The van der Waals surface area contributed by atoms with E-state index in [0.29, 0.717) is 18.7 Å². The summed E-state index contributed by atoms with van der Waals surface area (Å²) in [6, 6.07) is 6.71. The van der Waals surface area contributed by atoms with Crippen molar-refractivity contribution >= 4 is 12.4 Å². The average Bonchev–Trinajstić information content (AvgIpc) is 2.69. The molecular weight excluding hydrogens is 229 g/mol. The Morgan fingerprint density at radius 1 is 1.31 bits per heavy atom. The molecule has 2 rings (SSSR count). The molecule has 2 aromatic rings. The van der Waals surface area contributed by atoms with Gasteiger partial charge in [-0.2, -0.15) is 0 Å². The minimum atomic E-state index is -0.200. The molecule has 0 saturated carbocycles. The van der Waals surface area contributed by atoms with Gasteiger partial charge in [-0.05, 0) is 6.07 Å². The normalized spacial score (nSPS) is 9.88. The van der Waals surface area contributed by atoms with Crippen molar-refractivity contribution in [1.29, 1.82) is 0 Å². The van der Waals surface area contributed by atoms with E-state index in [2.05, 4.69) is 4.98 Å². The fourth-order valence-electron chi connectivity index (χ4n) is 1.48. The average molecular weight is 242 g/mol. The fourth-order valence-corrected chi connectivity index (χ4v) is 1.48. The molecule has 3 nitrogen and oxygen atoms in total. The second kappa shape index (κ2) is 5.63. The molecule has 0 unspecified atom stereocenters. The highest BCUT2D eigenvalue weighted by molar-refractivity contribution is 5.85. The molecule has 0 saturated heterocycles. The molecule has 0 amide bonds. The van der Waals surface area contributed by atoms with Crippen molar-refractivity contribution < 1.29 is 4.39 Å². The Kier molecular flexibility index (Phi) is 4.46. The first kappa shape index (κ1) is 12.7. The summed E-state index contributed by atoms with van der Waals surface area (Å²) in [6.07, 6.45) is 3.47. The van der Waals surface area contributed by atoms with E-state index in [0.717, 1.165) is 5.82 Å². The van der Waals surface area contributed by atoms with Gasteiger partial charge >= 0.3 is 0 Å². The van der Waals surface area contributed by atoms with Crippen molar-refractivity contribution in [1.82, 2.24) is 9.55 Å². The topological polar surface area (TPSA) is 43.8 Å². The predicted octanol–water partition coefficient (Wildman–Crippen LogP) is 1.95. The second-order valence-electron chi connectivity index (χ2n) is 3.27. The third kappa shape index (κ3) is 2.59. The molecule has 0 fully saturated rings. The van der Waals surface area contributed by atoms with Gasteiger partial charge in [0.05, 0.1) is 13.1 Å². The highest BCUT2D eigenvalue weighted by Gasteiger charge is 2.04. The molecule has 0 bridgehead atoms. The minimum absolute atomic E-state index is 0. The van der Waals surface area contributed by atoms with Gasteiger partial charge in [-0.3, -0.25) is 0 Å². The number of nitrogens with two attached hydrogens (primary N) is 1. The maximum Gasteiger partial charge on any atom is 0.128 e. The van der Waals surface area contributed by atoms with Gasteiger partial charge in [0, 0.05) is 18.0 Å². The van der Waals surface area contributed by atoms with Crippen LogP contribution in [0.4, 0.5) is 4.39 Å². The van der Waals surface area contributed by atoms with Crippen LogP contribution in [0, 0.1) is 5.82 Å². The van der Waals surface area contributed by atoms with Gasteiger partial charge in [0.2, 0.25) is 0 Å². The summed E-state index contributed by atoms with van der Waals surface area (Å²) >= 11 is 0. The monoisotopic (exact) mass is 241 g/mol. The first-order valence-electron chi connectivity index (χ1n) is 4.74. The fraction of sp³-hybridized carbons (Fsp3) is 0.182. The van der Waals surface area contributed by atoms with E-state index in [1.165, 1.54) is 6.07 Å². The lowest BCUT2D eigenvalue weighted by atomic mass is 10.2. The van der Waals surface area contributed by atoms with E-state index in [4.69, 9.17) is 5.73 Å². The predicted molar refractivity (Wildman–Crippen MR) is 62.9 cm³/mol. The number of hydrogen-bond donors (Lipinski definition) is 1. The molecule has 1 heterocycles. The molecule has 0 aliphatic heterocycles. The largest absolute Gasteiger partial charge is 0.329 e. The number of benzene rings is 1. The van der Waals surface area contributed by atoms with Gasteiger partial charge in [-0.25, -0.2) is 9.37 Å². The molecule has 1 aromatic heterocycles. The van der Waals surface area contributed by atoms with Gasteiger partial charge in [-0.1, -0.05) is 18.2 Å². The van der Waals surface area contributed by atoms with E-state index < -0.39 is 0 Å². The lowest BCUT2D eigenvalue weighted by Crippen LogP contribution is -2.09. The van der Waals surface area contributed by atoms with Crippen LogP contribution < -0.4 is 5.73 Å². The van der Waals surface area contributed by atoms with Crippen molar-refractivity contribution in [2.24, 2.45) is 5.73 Å². The SMILES string of the molecule is Cl.NCc1nccn1Cc1ccccc1F. The molecule has 0 aliphatic carbocycles. The van der Waals surface area contributed by atoms with Crippen LogP contribution in [0.3, 0.4) is 0 Å². The van der Waals surface area contributed by atoms with Crippen LogP contribution >= 0.6 is 12.4 Å². The molecule has 2 N–H and O–H groups in total. The standard InChI is InChI=1S/C11H12FN3.ClH/c12-10-4-2-1-3-9(10)8-15-6-5-14-11(15)7-13;/h1-6H,7-8,13H2;1H. The van der Waals surface area contributed by atoms with Gasteiger partial charge < -0.3 is 10.3 Å². The first-order valence-corrected chi connectivity index (χ1v) is 4.74. The number of aromatic nitrogens is 2. The van der Waals surface area contributed by atoms with Crippen molar-refractivity contribution in [2.75, 3.05) is 0 Å². The summed E-state index contributed by atoms with van der Waals surface area (Å²) in [7, 11) is 0. The van der Waals surface area contributed by atoms with Gasteiger partial charge in [0.1, 0.15) is 11.6 Å². The Morgan fingerprint density at radius 2 is 2.06 bits per heavy atom. The van der Waals surface area contributed by atoms with Crippen molar-refractivity contribution in [3.05, 3.63) is 53.9 Å². The van der Waals surface area contributed by atoms with Gasteiger partial charge in [0.25, 0.3) is 0 Å². The lowest BCUT2D eigenvalue weighted by Gasteiger charge is -2.06. The highest BCUT2D eigenvalue weighted by atomic mass is 35.5. The Morgan fingerprint density at radius 3 is 2.75 bits per heavy atom. The summed E-state index contributed by atoms with van der Waals surface area (Å²) in [5.41, 5.74) is 6.15. The third-order valence-electron chi connectivity index (χ3n) is 2.28. The van der Waals surface area contributed by atoms with E-state index in [-0.39, 0.29) is 18.2 Å². The molecule has 1 aromatic carbocycles. The zero-order chi connectivity index (χ0) is 10.7. The van der Waals surface area contributed by atoms with E-state index in [1.54, 1.807) is 24.5 Å². The number of hydrogen-bond acceptors (Lipinski definition) is 2. The summed E-state index contributed by atoms with van der Waals surface area (Å²) in [4.78, 5) is 4.08. The third-order valence-corrected chi connectivity index (χ3v) is 2.28. The zero-order valence-electron chi connectivity index (χ0n) is 8.64. The van der Waals surface area contributed by atoms with Crippen LogP contribution in [-0.4, -0.2) is 9.55 Å². The summed E-state index contributed by atoms with van der Waals surface area (Å²) < 4.78 is 15.2. The number of nitrogens with zero attached hydrogens (tertiary/aromatic N) is 2. The van der Waals surface area contributed by atoms with Crippen LogP contribution in [0.5, 0.6) is 0 Å². The van der Waals surface area contributed by atoms with Crippen molar-refractivity contribution in [3.8, 4) is 0 Å². The lowest BCUT2D eigenvalue weighted by molar-refractivity contribution is 0.594. The summed E-state index contributed by atoms with van der Waals surface area (Å²) in [6.45, 7) is 0.834. The van der Waals surface area contributed by atoms with Crippen LogP contribution in [0.15, 0.2) is 36.7 Å². The van der Waals surface area contributed by atoms with E-state index in [1.807, 2.05) is 10.6 Å². The molecule has 0 aliphatic rings. The summed E-state index contributed by atoms with van der Waals surface area (Å²) in [5, 5.41) is 0. The van der Waals surface area contributed by atoms with E-state index in [9.17, 15) is 4.39 Å². The Labute approximate surface area is 99.5 Å². The Hall–Kier alpha value is -1.39. The summed E-state index contributed by atoms with van der Waals surface area (Å²) in [5.74, 6) is 0.562. The molecule has 0 spiro atoms. The molecular formula is C11H13ClFN3. The second-order valence-corrected chi connectivity index (χ2v) is 3.27. The number of halogens is 2. The van der Waals surface area contributed by atoms with Gasteiger partial charge in [-0.15, -0.1) is 12.4 Å².